The van der Waals surface area contributed by atoms with Gasteiger partial charge >= 0.3 is 0 Å². The highest BCUT2D eigenvalue weighted by molar-refractivity contribution is 14.3. The number of halogens is 3. The molecule has 1 aliphatic rings. The fraction of sp³-hybridized carbons (Fsp3) is 0.833. The van der Waals surface area contributed by atoms with Crippen molar-refractivity contribution in [1.82, 2.24) is 5.32 Å². The number of hydrogen-bond acceptors (Lipinski definition) is 2. The molecule has 1 aliphatic heterocycles. The van der Waals surface area contributed by atoms with E-state index in [0.29, 0.717) is 0 Å². The summed E-state index contributed by atoms with van der Waals surface area (Å²) >= 11 is 6.46. The quantitative estimate of drug-likeness (QED) is 0.461. The van der Waals surface area contributed by atoms with Crippen molar-refractivity contribution in [2.45, 2.75) is 25.1 Å². The van der Waals surface area contributed by atoms with E-state index in [1.165, 1.54) is 0 Å². The molecule has 1 fully saturated rings. The van der Waals surface area contributed by atoms with E-state index in [2.05, 4.69) is 73.1 Å². The maximum atomic E-state index is 11.2. The molecule has 0 aromatic rings. The first kappa shape index (κ1) is 11.7. The molecule has 0 aliphatic carbocycles. The van der Waals surface area contributed by atoms with Crippen molar-refractivity contribution < 1.29 is 9.53 Å². The molecule has 1 N–H and O–H groups in total. The summed E-state index contributed by atoms with van der Waals surface area (Å²) in [5.41, 5.74) is 0. The van der Waals surface area contributed by atoms with Gasteiger partial charge in [0.15, 0.2) is 0 Å². The maximum Gasteiger partial charge on any atom is 0.249 e. The monoisotopic (exact) mass is 507 g/mol. The zero-order valence-electron chi connectivity index (χ0n) is 6.31. The largest absolute Gasteiger partial charge is 0.351 e. The topological polar surface area (TPSA) is 38.3 Å². The second kappa shape index (κ2) is 4.43. The molecule has 0 radical (unpaired) electrons. The third-order valence-electron chi connectivity index (χ3n) is 1.52. The van der Waals surface area contributed by atoms with Crippen molar-refractivity contribution in [3.8, 4) is 0 Å². The van der Waals surface area contributed by atoms with Gasteiger partial charge in [-0.3, -0.25) is 4.79 Å². The average molecular weight is 507 g/mol. The molecule has 0 aromatic heterocycles. The van der Waals surface area contributed by atoms with Gasteiger partial charge in [-0.05, 0) is 74.7 Å². The average Bonchev–Trinajstić information content (AvgIpc) is 2.06. The molecule has 2 unspecified atom stereocenters. The lowest BCUT2D eigenvalue weighted by Gasteiger charge is -2.17. The Morgan fingerprint density at radius 3 is 2.50 bits per heavy atom. The fourth-order valence-electron chi connectivity index (χ4n) is 1.09. The summed E-state index contributed by atoms with van der Waals surface area (Å²) < 4.78 is 5.21. The number of hydrogen-bond donors (Lipinski definition) is 1. The van der Waals surface area contributed by atoms with Gasteiger partial charge in [-0.15, -0.1) is 0 Å². The van der Waals surface area contributed by atoms with Crippen LogP contribution in [0.3, 0.4) is 0 Å². The van der Waals surface area contributed by atoms with Crippen molar-refractivity contribution in [1.29, 1.82) is 0 Å². The number of carbonyl (C=O) groups excluding carboxylic acids is 1. The Morgan fingerprint density at radius 1 is 1.58 bits per heavy atom. The molecule has 0 spiro atoms. The van der Waals surface area contributed by atoms with Crippen LogP contribution in [-0.2, 0) is 9.53 Å². The minimum Gasteiger partial charge on any atom is -0.351 e. The molecule has 12 heavy (non-hydrogen) atoms. The highest BCUT2D eigenvalue weighted by Gasteiger charge is 2.35. The normalized spacial score (nSPS) is 30.5. The SMILES string of the molecule is CC1CC(OC(I)(I)I)C(=O)N1. The molecule has 70 valence electrons. The van der Waals surface area contributed by atoms with Crippen LogP contribution < -0.4 is 5.32 Å². The number of carbonyl (C=O) groups is 1. The van der Waals surface area contributed by atoms with Crippen molar-refractivity contribution in [3.05, 3.63) is 0 Å². The van der Waals surface area contributed by atoms with E-state index in [9.17, 15) is 4.79 Å². The predicted molar refractivity (Wildman–Crippen MR) is 71.9 cm³/mol. The lowest BCUT2D eigenvalue weighted by molar-refractivity contribution is -0.128. The van der Waals surface area contributed by atoms with Gasteiger partial charge in [0.05, 0.1) is 0 Å². The smallest absolute Gasteiger partial charge is 0.249 e. The maximum absolute atomic E-state index is 11.2. The minimum atomic E-state index is -0.320. The summed E-state index contributed by atoms with van der Waals surface area (Å²) in [5.74, 6) is 0.0110. The van der Waals surface area contributed by atoms with Crippen LogP contribution in [0.5, 0.6) is 0 Å². The molecule has 0 bridgehead atoms. The van der Waals surface area contributed by atoms with E-state index in [1.54, 1.807) is 0 Å². The molecule has 1 saturated heterocycles. The molecular formula is C6H8I3NO2. The lowest BCUT2D eigenvalue weighted by atomic mass is 10.2. The molecule has 1 rings (SSSR count). The van der Waals surface area contributed by atoms with Crippen molar-refractivity contribution >= 4 is 73.7 Å². The van der Waals surface area contributed by atoms with Crippen LogP contribution in [0.15, 0.2) is 0 Å². The van der Waals surface area contributed by atoms with Gasteiger partial charge in [0.1, 0.15) is 6.10 Å². The van der Waals surface area contributed by atoms with Gasteiger partial charge in [0.25, 0.3) is 0 Å². The van der Waals surface area contributed by atoms with E-state index in [1.807, 2.05) is 6.92 Å². The first-order valence-electron chi connectivity index (χ1n) is 3.43. The Kier molecular flexibility index (Phi) is 4.31. The van der Waals surface area contributed by atoms with E-state index < -0.39 is 0 Å². The lowest BCUT2D eigenvalue weighted by Crippen LogP contribution is -2.29. The molecule has 6 heteroatoms. The van der Waals surface area contributed by atoms with Crippen LogP contribution in [-0.4, -0.2) is 17.7 Å². The predicted octanol–water partition coefficient (Wildman–Crippen LogP) is 2.20. The number of amides is 1. The van der Waals surface area contributed by atoms with Gasteiger partial charge in [0, 0.05) is 12.5 Å². The summed E-state index contributed by atoms with van der Waals surface area (Å²) in [6, 6.07) is 0.244. The summed E-state index contributed by atoms with van der Waals surface area (Å²) in [6.45, 7) is 1.98. The molecule has 1 heterocycles. The van der Waals surface area contributed by atoms with Crippen LogP contribution >= 0.6 is 67.8 Å². The third kappa shape index (κ3) is 3.78. The highest BCUT2D eigenvalue weighted by atomic mass is 127. The Hall–Kier alpha value is 1.62. The fourth-order valence-corrected chi connectivity index (χ4v) is 2.01. The van der Waals surface area contributed by atoms with Gasteiger partial charge in [-0.1, -0.05) is 0 Å². The van der Waals surface area contributed by atoms with Crippen LogP contribution in [0.25, 0.3) is 0 Å². The Morgan fingerprint density at radius 2 is 2.17 bits per heavy atom. The van der Waals surface area contributed by atoms with Crippen molar-refractivity contribution in [2.24, 2.45) is 0 Å². The number of ether oxygens (including phenoxy) is 1. The minimum absolute atomic E-state index is 0.0110. The standard InChI is InChI=1S/C6H8I3NO2/c1-3-2-4(5(11)10-3)12-6(7,8)9/h3-4H,2H2,1H3,(H,10,11). The number of rotatable bonds is 2. The van der Waals surface area contributed by atoms with Crippen LogP contribution in [0, 0.1) is 0 Å². The number of nitrogens with one attached hydrogen (secondary N) is 1. The summed E-state index contributed by atoms with van der Waals surface area (Å²) in [7, 11) is 0. The van der Waals surface area contributed by atoms with Crippen LogP contribution in [0.1, 0.15) is 13.3 Å². The second-order valence-corrected chi connectivity index (χ2v) is 13.4. The van der Waals surface area contributed by atoms with Crippen LogP contribution in [0.4, 0.5) is 0 Å². The number of alkyl halides is 3. The molecule has 3 nitrogen and oxygen atoms in total. The van der Waals surface area contributed by atoms with Crippen LogP contribution in [0.2, 0.25) is 0 Å². The Labute approximate surface area is 112 Å². The van der Waals surface area contributed by atoms with E-state index in [4.69, 9.17) is 4.74 Å². The van der Waals surface area contributed by atoms with Gasteiger partial charge < -0.3 is 10.1 Å². The molecule has 1 amide bonds. The van der Waals surface area contributed by atoms with E-state index in [-0.39, 0.29) is 17.7 Å². The van der Waals surface area contributed by atoms with Gasteiger partial charge in [0.2, 0.25) is 5.53 Å². The summed E-state index contributed by atoms with van der Waals surface area (Å²) in [5, 5.41) is 2.82. The summed E-state index contributed by atoms with van der Waals surface area (Å²) in [4.78, 5) is 11.2. The molecular weight excluding hydrogens is 499 g/mol. The molecule has 2 atom stereocenters. The Balaban J connectivity index is 2.49. The zero-order chi connectivity index (χ0) is 9.35. The molecule has 0 aromatic carbocycles. The first-order chi connectivity index (χ1) is 5.38. The second-order valence-electron chi connectivity index (χ2n) is 2.70. The Bertz CT molecular complexity index is 192. The van der Waals surface area contributed by atoms with E-state index >= 15 is 0 Å². The van der Waals surface area contributed by atoms with Gasteiger partial charge in [-0.25, -0.2) is 0 Å². The van der Waals surface area contributed by atoms with E-state index in [0.717, 1.165) is 6.42 Å². The zero-order valence-corrected chi connectivity index (χ0v) is 12.8. The van der Waals surface area contributed by atoms with Crippen molar-refractivity contribution in [3.63, 3.8) is 0 Å². The molecule has 0 saturated carbocycles. The first-order valence-corrected chi connectivity index (χ1v) is 6.67. The third-order valence-corrected chi connectivity index (χ3v) is 2.29. The highest BCUT2D eigenvalue weighted by Crippen LogP contribution is 2.38. The van der Waals surface area contributed by atoms with Crippen molar-refractivity contribution in [2.75, 3.05) is 0 Å². The summed E-state index contributed by atoms with van der Waals surface area (Å²) in [6.07, 6.45) is 0.501. The van der Waals surface area contributed by atoms with Gasteiger partial charge in [-0.2, -0.15) is 0 Å².